The molecular formula is C21H23N3O3S. The molecule has 0 aliphatic carbocycles. The molecule has 2 aromatic carbocycles. The first-order chi connectivity index (χ1) is 13.4. The van der Waals surface area contributed by atoms with E-state index in [0.29, 0.717) is 22.6 Å². The molecule has 1 N–H and O–H groups in total. The first-order valence-corrected chi connectivity index (χ1v) is 9.85. The Kier molecular flexibility index (Phi) is 6.04. The fourth-order valence-electron chi connectivity index (χ4n) is 2.56. The van der Waals surface area contributed by atoms with Crippen LogP contribution in [-0.4, -0.2) is 29.0 Å². The summed E-state index contributed by atoms with van der Waals surface area (Å²) in [7, 11) is 1.56. The van der Waals surface area contributed by atoms with Crippen molar-refractivity contribution in [1.29, 1.82) is 0 Å². The predicted molar refractivity (Wildman–Crippen MR) is 111 cm³/mol. The molecule has 1 aromatic heterocycles. The summed E-state index contributed by atoms with van der Waals surface area (Å²) in [6.45, 7) is 6.50. The van der Waals surface area contributed by atoms with Gasteiger partial charge in [-0.15, -0.1) is 10.2 Å². The number of amides is 1. The number of hydrogen-bond acceptors (Lipinski definition) is 6. The zero-order chi connectivity index (χ0) is 20.1. The molecular weight excluding hydrogens is 374 g/mol. The smallest absolute Gasteiger partial charge is 0.277 e. The lowest BCUT2D eigenvalue weighted by atomic mass is 9.87. The number of nitrogens with zero attached hydrogens (tertiary/aromatic N) is 2. The monoisotopic (exact) mass is 397 g/mol. The number of carbonyl (C=O) groups is 1. The number of benzene rings is 2. The number of nitrogens with one attached hydrogen (secondary N) is 1. The maximum absolute atomic E-state index is 12.2. The number of ether oxygens (including phenoxy) is 1. The van der Waals surface area contributed by atoms with E-state index in [4.69, 9.17) is 9.15 Å². The molecule has 3 aromatic rings. The number of methoxy groups -OCH3 is 1. The Hall–Kier alpha value is -2.80. The van der Waals surface area contributed by atoms with Gasteiger partial charge in [0.1, 0.15) is 5.75 Å². The second kappa shape index (κ2) is 8.48. The number of para-hydroxylation sites is 2. The molecule has 0 aliphatic heterocycles. The highest BCUT2D eigenvalue weighted by atomic mass is 32.2. The van der Waals surface area contributed by atoms with Gasteiger partial charge in [-0.2, -0.15) is 0 Å². The summed E-state index contributed by atoms with van der Waals surface area (Å²) in [5.41, 5.74) is 2.80. The molecule has 0 bridgehead atoms. The molecule has 1 heterocycles. The van der Waals surface area contributed by atoms with Crippen molar-refractivity contribution in [2.75, 3.05) is 18.2 Å². The van der Waals surface area contributed by atoms with Crippen LogP contribution in [0.25, 0.3) is 11.5 Å². The minimum absolute atomic E-state index is 0.0865. The Morgan fingerprint density at radius 2 is 1.82 bits per heavy atom. The van der Waals surface area contributed by atoms with E-state index in [-0.39, 0.29) is 17.1 Å². The third-order valence-corrected chi connectivity index (χ3v) is 4.93. The molecule has 0 saturated carbocycles. The predicted octanol–water partition coefficient (Wildman–Crippen LogP) is 4.77. The third-order valence-electron chi connectivity index (χ3n) is 4.11. The van der Waals surface area contributed by atoms with Crippen LogP contribution in [0.15, 0.2) is 58.2 Å². The molecule has 3 rings (SSSR count). The van der Waals surface area contributed by atoms with Gasteiger partial charge in [-0.05, 0) is 35.2 Å². The van der Waals surface area contributed by atoms with Crippen LogP contribution < -0.4 is 10.1 Å². The first-order valence-electron chi connectivity index (χ1n) is 8.87. The normalized spacial score (nSPS) is 11.3. The van der Waals surface area contributed by atoms with Crippen molar-refractivity contribution in [3.63, 3.8) is 0 Å². The number of thioether (sulfide) groups is 1. The fourth-order valence-corrected chi connectivity index (χ4v) is 3.12. The maximum atomic E-state index is 12.2. The van der Waals surface area contributed by atoms with Gasteiger partial charge in [0.25, 0.3) is 5.22 Å². The maximum Gasteiger partial charge on any atom is 0.277 e. The van der Waals surface area contributed by atoms with Crippen molar-refractivity contribution >= 4 is 23.4 Å². The largest absolute Gasteiger partial charge is 0.495 e. The van der Waals surface area contributed by atoms with Gasteiger partial charge in [0.05, 0.1) is 18.6 Å². The Morgan fingerprint density at radius 3 is 2.50 bits per heavy atom. The zero-order valence-electron chi connectivity index (χ0n) is 16.4. The third kappa shape index (κ3) is 4.92. The van der Waals surface area contributed by atoms with Gasteiger partial charge in [0, 0.05) is 5.56 Å². The molecule has 0 radical (unpaired) electrons. The van der Waals surface area contributed by atoms with E-state index >= 15 is 0 Å². The van der Waals surface area contributed by atoms with Crippen molar-refractivity contribution in [3.05, 3.63) is 54.1 Å². The molecule has 0 atom stereocenters. The van der Waals surface area contributed by atoms with Gasteiger partial charge < -0.3 is 14.5 Å². The van der Waals surface area contributed by atoms with E-state index < -0.39 is 0 Å². The van der Waals surface area contributed by atoms with Crippen LogP contribution in [0.2, 0.25) is 0 Å². The number of anilines is 1. The molecule has 0 saturated heterocycles. The second-order valence-electron chi connectivity index (χ2n) is 7.24. The zero-order valence-corrected chi connectivity index (χ0v) is 17.2. The molecule has 0 spiro atoms. The second-order valence-corrected chi connectivity index (χ2v) is 8.16. The van der Waals surface area contributed by atoms with Gasteiger partial charge in [0.2, 0.25) is 11.8 Å². The van der Waals surface area contributed by atoms with Crippen molar-refractivity contribution in [3.8, 4) is 17.2 Å². The first kappa shape index (κ1) is 19.9. The van der Waals surface area contributed by atoms with Crippen molar-refractivity contribution in [2.45, 2.75) is 31.4 Å². The molecule has 6 nitrogen and oxygen atoms in total. The number of carbonyl (C=O) groups excluding carboxylic acids is 1. The van der Waals surface area contributed by atoms with E-state index in [1.807, 2.05) is 24.3 Å². The van der Waals surface area contributed by atoms with Crippen molar-refractivity contribution in [1.82, 2.24) is 10.2 Å². The lowest BCUT2D eigenvalue weighted by molar-refractivity contribution is -0.113. The highest BCUT2D eigenvalue weighted by molar-refractivity contribution is 7.99. The average Bonchev–Trinajstić information content (AvgIpc) is 3.15. The highest BCUT2D eigenvalue weighted by Crippen LogP contribution is 2.28. The molecule has 0 fully saturated rings. The summed E-state index contributed by atoms with van der Waals surface area (Å²) in [4.78, 5) is 12.2. The van der Waals surface area contributed by atoms with Crippen LogP contribution in [-0.2, 0) is 10.2 Å². The van der Waals surface area contributed by atoms with Crippen LogP contribution in [0.1, 0.15) is 26.3 Å². The molecule has 0 unspecified atom stereocenters. The van der Waals surface area contributed by atoms with Crippen LogP contribution >= 0.6 is 11.8 Å². The molecule has 7 heteroatoms. The fraction of sp³-hybridized carbons (Fsp3) is 0.286. The van der Waals surface area contributed by atoms with Crippen molar-refractivity contribution in [2.24, 2.45) is 0 Å². The lowest BCUT2D eigenvalue weighted by Crippen LogP contribution is -2.14. The Morgan fingerprint density at radius 1 is 1.11 bits per heavy atom. The molecule has 146 valence electrons. The van der Waals surface area contributed by atoms with Gasteiger partial charge in [-0.1, -0.05) is 56.8 Å². The highest BCUT2D eigenvalue weighted by Gasteiger charge is 2.15. The van der Waals surface area contributed by atoms with E-state index in [9.17, 15) is 4.79 Å². The van der Waals surface area contributed by atoms with Crippen LogP contribution in [0, 0.1) is 0 Å². The summed E-state index contributed by atoms with van der Waals surface area (Å²) in [5.74, 6) is 1.03. The topological polar surface area (TPSA) is 77.2 Å². The summed E-state index contributed by atoms with van der Waals surface area (Å²) >= 11 is 1.19. The van der Waals surface area contributed by atoms with Gasteiger partial charge >= 0.3 is 0 Å². The Balaban J connectivity index is 1.59. The minimum Gasteiger partial charge on any atom is -0.495 e. The molecule has 0 aliphatic rings. The van der Waals surface area contributed by atoms with Gasteiger partial charge in [0.15, 0.2) is 0 Å². The standard InChI is InChI=1S/C21H23N3O3S/c1-21(2,3)15-11-9-14(10-12-15)19-23-24-20(27-19)28-13-18(25)22-16-7-5-6-8-17(16)26-4/h5-12H,13H2,1-4H3,(H,22,25). The van der Waals surface area contributed by atoms with E-state index in [1.54, 1.807) is 19.2 Å². The lowest BCUT2D eigenvalue weighted by Gasteiger charge is -2.18. The Labute approximate surface area is 168 Å². The number of aromatic nitrogens is 2. The van der Waals surface area contributed by atoms with Crippen LogP contribution in [0.5, 0.6) is 5.75 Å². The average molecular weight is 398 g/mol. The summed E-state index contributed by atoms with van der Waals surface area (Å²) in [6.07, 6.45) is 0. The Bertz CT molecular complexity index is 946. The SMILES string of the molecule is COc1ccccc1NC(=O)CSc1nnc(-c2ccc(C(C)(C)C)cc2)o1. The number of hydrogen-bond donors (Lipinski definition) is 1. The minimum atomic E-state index is -0.177. The van der Waals surface area contributed by atoms with E-state index in [1.165, 1.54) is 17.3 Å². The van der Waals surface area contributed by atoms with Gasteiger partial charge in [-0.25, -0.2) is 0 Å². The quantitative estimate of drug-likeness (QED) is 0.604. The summed E-state index contributed by atoms with van der Waals surface area (Å²) < 4.78 is 10.9. The van der Waals surface area contributed by atoms with Crippen molar-refractivity contribution < 1.29 is 13.9 Å². The number of rotatable bonds is 6. The van der Waals surface area contributed by atoms with Gasteiger partial charge in [-0.3, -0.25) is 4.79 Å². The van der Waals surface area contributed by atoms with Crippen LogP contribution in [0.3, 0.4) is 0 Å². The molecule has 28 heavy (non-hydrogen) atoms. The van der Waals surface area contributed by atoms with Crippen LogP contribution in [0.4, 0.5) is 5.69 Å². The van der Waals surface area contributed by atoms with E-state index in [0.717, 1.165) is 5.56 Å². The molecule has 1 amide bonds. The summed E-state index contributed by atoms with van der Waals surface area (Å²) in [6, 6.07) is 15.3. The summed E-state index contributed by atoms with van der Waals surface area (Å²) in [5, 5.41) is 11.3. The van der Waals surface area contributed by atoms with E-state index in [2.05, 4.69) is 48.4 Å².